The molecule has 0 unspecified atom stereocenters. The molecule has 0 aliphatic heterocycles. The zero-order valence-corrected chi connectivity index (χ0v) is 12.2. The van der Waals surface area contributed by atoms with Crippen molar-refractivity contribution in [3.63, 3.8) is 0 Å². The molecule has 21 heavy (non-hydrogen) atoms. The van der Waals surface area contributed by atoms with Crippen molar-refractivity contribution in [3.8, 4) is 5.75 Å². The van der Waals surface area contributed by atoms with Crippen LogP contribution in [0, 0.1) is 10.1 Å². The van der Waals surface area contributed by atoms with Crippen molar-refractivity contribution >= 4 is 34.7 Å². The molecular formula is C12H10ClN3O4S. The first-order valence-electron chi connectivity index (χ1n) is 5.79. The number of thiophene rings is 1. The molecule has 0 fully saturated rings. The highest BCUT2D eigenvalue weighted by Gasteiger charge is 2.16. The van der Waals surface area contributed by atoms with Gasteiger partial charge in [-0.3, -0.25) is 4.79 Å². The Balaban J connectivity index is 1.85. The van der Waals surface area contributed by atoms with Crippen molar-refractivity contribution in [1.82, 2.24) is 10.3 Å². The lowest BCUT2D eigenvalue weighted by Gasteiger charge is -2.06. The summed E-state index contributed by atoms with van der Waals surface area (Å²) in [6, 6.07) is 6.43. The number of nitro groups is 1. The maximum atomic E-state index is 11.6. The van der Waals surface area contributed by atoms with Crippen LogP contribution in [0.1, 0.15) is 4.88 Å². The summed E-state index contributed by atoms with van der Waals surface area (Å²) in [7, 11) is 0. The summed E-state index contributed by atoms with van der Waals surface area (Å²) in [4.78, 5) is 26.2. The summed E-state index contributed by atoms with van der Waals surface area (Å²) < 4.78 is 5.76. The van der Waals surface area contributed by atoms with Gasteiger partial charge in [0.15, 0.2) is 6.61 Å². The van der Waals surface area contributed by atoms with Crippen molar-refractivity contribution < 1.29 is 14.5 Å². The van der Waals surface area contributed by atoms with E-state index in [4.69, 9.17) is 16.3 Å². The maximum Gasteiger partial charge on any atom is 0.406 e. The second-order valence-corrected chi connectivity index (χ2v) is 5.65. The number of ether oxygens (including phenoxy) is 1. The highest BCUT2D eigenvalue weighted by atomic mass is 35.5. The monoisotopic (exact) mass is 327 g/mol. The van der Waals surface area contributed by atoms with Gasteiger partial charge in [-0.25, -0.2) is 0 Å². The van der Waals surface area contributed by atoms with E-state index in [2.05, 4.69) is 10.3 Å². The number of amides is 1. The van der Waals surface area contributed by atoms with Crippen LogP contribution in [0.25, 0.3) is 0 Å². The summed E-state index contributed by atoms with van der Waals surface area (Å²) in [5, 5.41) is 13.4. The minimum Gasteiger partial charge on any atom is -0.476 e. The Morgan fingerprint density at radius 2 is 2.29 bits per heavy atom. The third-order valence-electron chi connectivity index (χ3n) is 2.37. The van der Waals surface area contributed by atoms with Crippen molar-refractivity contribution in [1.29, 1.82) is 0 Å². The van der Waals surface area contributed by atoms with E-state index >= 15 is 0 Å². The molecule has 0 aliphatic carbocycles. The highest BCUT2D eigenvalue weighted by Crippen LogP contribution is 2.23. The molecule has 0 atom stereocenters. The number of carbonyl (C=O) groups excluding carboxylic acids is 1. The predicted octanol–water partition coefficient (Wildman–Crippen LogP) is 2.40. The average Bonchev–Trinajstić information content (AvgIpc) is 2.88. The Morgan fingerprint density at radius 1 is 1.48 bits per heavy atom. The molecule has 9 heteroatoms. The zero-order chi connectivity index (χ0) is 15.2. The summed E-state index contributed by atoms with van der Waals surface area (Å²) in [6.07, 6.45) is 1.28. The van der Waals surface area contributed by atoms with Gasteiger partial charge in [-0.15, -0.1) is 11.3 Å². The molecule has 0 spiro atoms. The molecule has 0 saturated heterocycles. The summed E-state index contributed by atoms with van der Waals surface area (Å²) in [5.41, 5.74) is 0. The molecule has 0 aliphatic rings. The van der Waals surface area contributed by atoms with Crippen LogP contribution in [0.5, 0.6) is 5.75 Å². The molecule has 0 bridgehead atoms. The van der Waals surface area contributed by atoms with Crippen LogP contribution in [0.4, 0.5) is 5.82 Å². The Bertz CT molecular complexity index is 661. The van der Waals surface area contributed by atoms with Gasteiger partial charge in [0.05, 0.1) is 10.9 Å². The second-order valence-electron chi connectivity index (χ2n) is 3.85. The van der Waals surface area contributed by atoms with Crippen molar-refractivity contribution in [2.75, 3.05) is 6.61 Å². The lowest BCUT2D eigenvalue weighted by molar-refractivity contribution is -0.390. The van der Waals surface area contributed by atoms with E-state index in [0.29, 0.717) is 10.9 Å². The van der Waals surface area contributed by atoms with Crippen LogP contribution in [0.3, 0.4) is 0 Å². The number of nitrogens with one attached hydrogen (secondary N) is 1. The molecule has 110 valence electrons. The number of nitrogens with zero attached hydrogens (tertiary/aromatic N) is 2. The van der Waals surface area contributed by atoms with Gasteiger partial charge in [0, 0.05) is 4.88 Å². The fourth-order valence-corrected chi connectivity index (χ4v) is 2.49. The van der Waals surface area contributed by atoms with Gasteiger partial charge in [-0.2, -0.15) is 0 Å². The molecule has 1 amide bonds. The van der Waals surface area contributed by atoms with Gasteiger partial charge in [0.25, 0.3) is 5.91 Å². The molecule has 2 heterocycles. The molecule has 7 nitrogen and oxygen atoms in total. The van der Waals surface area contributed by atoms with Crippen molar-refractivity contribution in [2.45, 2.75) is 6.54 Å². The van der Waals surface area contributed by atoms with Gasteiger partial charge >= 0.3 is 5.82 Å². The Hall–Kier alpha value is -2.19. The third kappa shape index (κ3) is 4.40. The normalized spacial score (nSPS) is 10.1. The summed E-state index contributed by atoms with van der Waals surface area (Å²) in [6.45, 7) is 0.000351. The van der Waals surface area contributed by atoms with Gasteiger partial charge in [-0.05, 0) is 34.2 Å². The Morgan fingerprint density at radius 3 is 2.95 bits per heavy atom. The molecule has 1 N–H and O–H groups in total. The van der Waals surface area contributed by atoms with E-state index < -0.39 is 16.6 Å². The largest absolute Gasteiger partial charge is 0.476 e. The van der Waals surface area contributed by atoms with E-state index in [-0.39, 0.29) is 12.4 Å². The fraction of sp³-hybridized carbons (Fsp3) is 0.167. The van der Waals surface area contributed by atoms with Gasteiger partial charge in [0.2, 0.25) is 5.75 Å². The van der Waals surface area contributed by atoms with E-state index in [1.54, 1.807) is 12.1 Å². The number of halogens is 1. The molecule has 2 aromatic rings. The van der Waals surface area contributed by atoms with Crippen LogP contribution in [-0.2, 0) is 11.3 Å². The van der Waals surface area contributed by atoms with Gasteiger partial charge in [-0.1, -0.05) is 11.6 Å². The van der Waals surface area contributed by atoms with Crippen LogP contribution < -0.4 is 10.1 Å². The molecule has 0 aromatic carbocycles. The van der Waals surface area contributed by atoms with Crippen molar-refractivity contribution in [3.05, 3.63) is 49.8 Å². The predicted molar refractivity (Wildman–Crippen MR) is 77.6 cm³/mol. The van der Waals surface area contributed by atoms with Crippen LogP contribution in [0.15, 0.2) is 30.5 Å². The number of hydrogen-bond acceptors (Lipinski definition) is 6. The molecule has 0 radical (unpaired) electrons. The number of pyridine rings is 1. The minimum atomic E-state index is -0.666. The number of aromatic nitrogens is 1. The number of hydrogen-bond donors (Lipinski definition) is 1. The van der Waals surface area contributed by atoms with E-state index in [1.165, 1.54) is 29.7 Å². The molecular weight excluding hydrogens is 318 g/mol. The van der Waals surface area contributed by atoms with E-state index in [1.807, 2.05) is 0 Å². The average molecular weight is 328 g/mol. The van der Waals surface area contributed by atoms with Gasteiger partial charge < -0.3 is 20.2 Å². The molecule has 2 rings (SSSR count). The van der Waals surface area contributed by atoms with Crippen LogP contribution in [0.2, 0.25) is 4.34 Å². The quantitative estimate of drug-likeness (QED) is 0.649. The lowest BCUT2D eigenvalue weighted by atomic mass is 10.4. The third-order valence-corrected chi connectivity index (χ3v) is 3.60. The van der Waals surface area contributed by atoms with E-state index in [0.717, 1.165) is 4.88 Å². The SMILES string of the molecule is O=C(COc1cccnc1[N+](=O)[O-])NCc1ccc(Cl)s1. The second kappa shape index (κ2) is 7.00. The van der Waals surface area contributed by atoms with Crippen LogP contribution >= 0.6 is 22.9 Å². The lowest BCUT2D eigenvalue weighted by Crippen LogP contribution is -2.28. The Labute approximate surface area is 128 Å². The maximum absolute atomic E-state index is 11.6. The summed E-state index contributed by atoms with van der Waals surface area (Å²) in [5.74, 6) is -0.857. The smallest absolute Gasteiger partial charge is 0.406 e. The summed E-state index contributed by atoms with van der Waals surface area (Å²) >= 11 is 7.14. The topological polar surface area (TPSA) is 94.4 Å². The van der Waals surface area contributed by atoms with Gasteiger partial charge in [0.1, 0.15) is 6.20 Å². The molecule has 0 saturated carbocycles. The van der Waals surface area contributed by atoms with Crippen LogP contribution in [-0.4, -0.2) is 22.4 Å². The first-order chi connectivity index (χ1) is 10.1. The number of carbonyl (C=O) groups is 1. The minimum absolute atomic E-state index is 0.0446. The Kier molecular flexibility index (Phi) is 5.07. The molecule has 2 aromatic heterocycles. The standard InChI is InChI=1S/C12H10ClN3O4S/c13-10-4-3-8(21-10)6-15-11(17)7-20-9-2-1-5-14-12(9)16(18)19/h1-5H,6-7H2,(H,15,17). The zero-order valence-electron chi connectivity index (χ0n) is 10.6. The fourth-order valence-electron chi connectivity index (χ4n) is 1.46. The highest BCUT2D eigenvalue weighted by molar-refractivity contribution is 7.16. The first-order valence-corrected chi connectivity index (χ1v) is 6.99. The first kappa shape index (κ1) is 15.2. The van der Waals surface area contributed by atoms with E-state index in [9.17, 15) is 14.9 Å². The van der Waals surface area contributed by atoms with Crippen molar-refractivity contribution in [2.24, 2.45) is 0 Å². The number of rotatable bonds is 6.